The molecule has 1 aromatic carbocycles. The monoisotopic (exact) mass is 408 g/mol. The summed E-state index contributed by atoms with van der Waals surface area (Å²) < 4.78 is 18.7. The van der Waals surface area contributed by atoms with Crippen molar-refractivity contribution in [3.8, 4) is 5.88 Å². The minimum atomic E-state index is -0.363. The number of anilines is 1. The summed E-state index contributed by atoms with van der Waals surface area (Å²) in [6, 6.07) is 7.79. The number of halogens is 1. The predicted octanol–water partition coefficient (Wildman–Crippen LogP) is 2.89. The van der Waals surface area contributed by atoms with Crippen LogP contribution >= 0.6 is 0 Å². The van der Waals surface area contributed by atoms with Crippen molar-refractivity contribution in [3.05, 3.63) is 59.5 Å². The van der Waals surface area contributed by atoms with Crippen LogP contribution in [0, 0.1) is 11.7 Å². The molecule has 3 aliphatic rings. The van der Waals surface area contributed by atoms with Gasteiger partial charge >= 0.3 is 6.03 Å². The van der Waals surface area contributed by atoms with Crippen LogP contribution in [0.4, 0.5) is 14.9 Å². The maximum atomic E-state index is 13.5. The van der Waals surface area contributed by atoms with Gasteiger partial charge in [-0.05, 0) is 47.4 Å². The maximum Gasteiger partial charge on any atom is 0.322 e. The number of fused-ring (bicyclic) bond motifs is 3. The first kappa shape index (κ1) is 18.6. The Morgan fingerprint density at radius 2 is 2.20 bits per heavy atom. The van der Waals surface area contributed by atoms with Crippen molar-refractivity contribution in [2.24, 2.45) is 5.92 Å². The van der Waals surface area contributed by atoms with Gasteiger partial charge in [0.15, 0.2) is 0 Å². The van der Waals surface area contributed by atoms with Crippen molar-refractivity contribution in [1.29, 1.82) is 0 Å². The Labute approximate surface area is 173 Å². The molecule has 2 aromatic rings. The zero-order chi connectivity index (χ0) is 20.8. The first-order valence-corrected chi connectivity index (χ1v) is 9.88. The molecule has 1 aliphatic carbocycles. The molecule has 1 saturated heterocycles. The Kier molecular flexibility index (Phi) is 4.42. The van der Waals surface area contributed by atoms with Crippen LogP contribution in [-0.4, -0.2) is 53.0 Å². The van der Waals surface area contributed by atoms with Gasteiger partial charge in [-0.2, -0.15) is 0 Å². The standard InChI is InChI=1S/C22H21FN4O3/c1-30-20-8-13(4-5-24-20)18-9-17-7-14(18)11-27(17)21(28)12-26-10-15-6-16(23)2-3-19(15)25-22(26)29/h2-6,8-9,14,17H,7,10-12H2,1H3,(H,25,29)/t14-,17-/m0/s1. The van der Waals surface area contributed by atoms with Gasteiger partial charge in [0.25, 0.3) is 0 Å². The number of urea groups is 1. The number of likely N-dealkylation sites (tertiary alicyclic amines) is 1. The highest BCUT2D eigenvalue weighted by molar-refractivity contribution is 5.95. The van der Waals surface area contributed by atoms with Crippen molar-refractivity contribution in [2.75, 3.05) is 25.5 Å². The van der Waals surface area contributed by atoms with Crippen LogP contribution in [0.15, 0.2) is 42.6 Å². The molecule has 8 heteroatoms. The lowest BCUT2D eigenvalue weighted by Crippen LogP contribution is -2.47. The fourth-order valence-corrected chi connectivity index (χ4v) is 4.58. The number of pyridine rings is 1. The Morgan fingerprint density at radius 3 is 2.97 bits per heavy atom. The topological polar surface area (TPSA) is 74.8 Å². The quantitative estimate of drug-likeness (QED) is 0.844. The van der Waals surface area contributed by atoms with Crippen LogP contribution in [0.5, 0.6) is 5.88 Å². The van der Waals surface area contributed by atoms with Gasteiger partial charge in [-0.25, -0.2) is 14.2 Å². The lowest BCUT2D eigenvalue weighted by Gasteiger charge is -2.32. The van der Waals surface area contributed by atoms with E-state index in [1.54, 1.807) is 19.4 Å². The molecule has 0 unspecified atom stereocenters. The second kappa shape index (κ2) is 7.12. The summed E-state index contributed by atoms with van der Waals surface area (Å²) in [6.45, 7) is 0.808. The molecule has 30 heavy (non-hydrogen) atoms. The van der Waals surface area contributed by atoms with Crippen molar-refractivity contribution in [3.63, 3.8) is 0 Å². The number of carbonyl (C=O) groups excluding carboxylic acids is 2. The summed E-state index contributed by atoms with van der Waals surface area (Å²) in [5, 5.41) is 2.73. The molecule has 0 spiro atoms. The number of nitrogens with zero attached hydrogens (tertiary/aromatic N) is 3. The Balaban J connectivity index is 1.28. The van der Waals surface area contributed by atoms with E-state index < -0.39 is 0 Å². The number of hydrogen-bond donors (Lipinski definition) is 1. The maximum absolute atomic E-state index is 13.5. The summed E-state index contributed by atoms with van der Waals surface area (Å²) in [5.74, 6) is 0.367. The van der Waals surface area contributed by atoms with Gasteiger partial charge in [0, 0.05) is 30.4 Å². The first-order chi connectivity index (χ1) is 14.5. The van der Waals surface area contributed by atoms with Crippen molar-refractivity contribution in [2.45, 2.75) is 19.0 Å². The molecule has 2 bridgehead atoms. The molecule has 3 amide bonds. The minimum absolute atomic E-state index is 0.0224. The number of hydrogen-bond acceptors (Lipinski definition) is 4. The van der Waals surface area contributed by atoms with Gasteiger partial charge in [0.05, 0.1) is 19.7 Å². The van der Waals surface area contributed by atoms with Crippen molar-refractivity contribution < 1.29 is 18.7 Å². The Morgan fingerprint density at radius 1 is 1.33 bits per heavy atom. The van der Waals surface area contributed by atoms with Gasteiger partial charge < -0.3 is 19.9 Å². The van der Waals surface area contributed by atoms with E-state index in [-0.39, 0.29) is 42.8 Å². The number of rotatable bonds is 4. The van der Waals surface area contributed by atoms with Gasteiger partial charge in [-0.3, -0.25) is 4.79 Å². The van der Waals surface area contributed by atoms with E-state index in [4.69, 9.17) is 4.74 Å². The lowest BCUT2D eigenvalue weighted by molar-refractivity contribution is -0.132. The average Bonchev–Trinajstić information content (AvgIpc) is 3.36. The van der Waals surface area contributed by atoms with Crippen LogP contribution in [0.2, 0.25) is 0 Å². The number of benzene rings is 1. The third-order valence-corrected chi connectivity index (χ3v) is 6.04. The van der Waals surface area contributed by atoms with Gasteiger partial charge in [-0.1, -0.05) is 6.08 Å². The highest BCUT2D eigenvalue weighted by Crippen LogP contribution is 2.42. The third-order valence-electron chi connectivity index (χ3n) is 6.04. The van der Waals surface area contributed by atoms with Gasteiger partial charge in [-0.15, -0.1) is 0 Å². The minimum Gasteiger partial charge on any atom is -0.481 e. The summed E-state index contributed by atoms with van der Waals surface area (Å²) in [4.78, 5) is 32.7. The fourth-order valence-electron chi connectivity index (χ4n) is 4.58. The smallest absolute Gasteiger partial charge is 0.322 e. The zero-order valence-corrected chi connectivity index (χ0v) is 16.5. The third kappa shape index (κ3) is 3.18. The Hall–Kier alpha value is -3.42. The number of nitrogens with one attached hydrogen (secondary N) is 1. The van der Waals surface area contributed by atoms with E-state index in [0.29, 0.717) is 23.7 Å². The van der Waals surface area contributed by atoms with Gasteiger partial charge in [0.2, 0.25) is 11.8 Å². The second-order valence-corrected chi connectivity index (χ2v) is 7.84. The fraction of sp³-hybridized carbons (Fsp3) is 0.318. The molecule has 5 rings (SSSR count). The van der Waals surface area contributed by atoms with E-state index >= 15 is 0 Å². The predicted molar refractivity (Wildman–Crippen MR) is 108 cm³/mol. The van der Waals surface area contributed by atoms with Gasteiger partial charge in [0.1, 0.15) is 12.4 Å². The highest BCUT2D eigenvalue weighted by Gasteiger charge is 2.42. The molecule has 1 aromatic heterocycles. The van der Waals surface area contributed by atoms with Crippen molar-refractivity contribution >= 4 is 23.2 Å². The number of ether oxygens (including phenoxy) is 1. The summed E-state index contributed by atoms with van der Waals surface area (Å²) in [6.07, 6.45) is 4.73. The molecule has 0 radical (unpaired) electrons. The lowest BCUT2D eigenvalue weighted by atomic mass is 9.96. The van der Waals surface area contributed by atoms with E-state index in [9.17, 15) is 14.0 Å². The van der Waals surface area contributed by atoms with E-state index in [0.717, 1.165) is 12.0 Å². The molecule has 2 aliphatic heterocycles. The summed E-state index contributed by atoms with van der Waals surface area (Å²) in [7, 11) is 1.59. The number of aromatic nitrogens is 1. The van der Waals surface area contributed by atoms with Crippen LogP contribution in [0.3, 0.4) is 0 Å². The largest absolute Gasteiger partial charge is 0.481 e. The van der Waals surface area contributed by atoms with Crippen LogP contribution in [0.1, 0.15) is 17.5 Å². The van der Waals surface area contributed by atoms with E-state index in [2.05, 4.69) is 16.4 Å². The molecule has 0 saturated carbocycles. The summed E-state index contributed by atoms with van der Waals surface area (Å²) in [5.41, 5.74) is 3.53. The van der Waals surface area contributed by atoms with Crippen LogP contribution in [0.25, 0.3) is 5.57 Å². The molecular formula is C22H21FN4O3. The van der Waals surface area contributed by atoms with Crippen molar-refractivity contribution in [1.82, 2.24) is 14.8 Å². The first-order valence-electron chi connectivity index (χ1n) is 9.88. The molecule has 1 fully saturated rings. The van der Waals surface area contributed by atoms with Crippen LogP contribution < -0.4 is 10.1 Å². The number of carbonyl (C=O) groups is 2. The molecule has 2 atom stereocenters. The van der Waals surface area contributed by atoms with Crippen LogP contribution in [-0.2, 0) is 11.3 Å². The zero-order valence-electron chi connectivity index (χ0n) is 16.5. The highest BCUT2D eigenvalue weighted by atomic mass is 19.1. The summed E-state index contributed by atoms with van der Waals surface area (Å²) >= 11 is 0. The SMILES string of the molecule is COc1cc(C2=C[C@@H]3C[C@H]2CN3C(=O)CN2Cc3cc(F)ccc3NC2=O)ccn1. The van der Waals surface area contributed by atoms with E-state index in [1.165, 1.54) is 22.6 Å². The molecule has 1 N–H and O–H groups in total. The molecule has 3 heterocycles. The Bertz CT molecular complexity index is 1070. The molecular weight excluding hydrogens is 387 g/mol. The molecule has 7 nitrogen and oxygen atoms in total. The second-order valence-electron chi connectivity index (χ2n) is 7.84. The average molecular weight is 408 g/mol. The molecule has 154 valence electrons. The van der Waals surface area contributed by atoms with E-state index in [1.807, 2.05) is 17.0 Å². The normalized spacial score (nSPS) is 21.9. The number of methoxy groups -OCH3 is 1. The number of amides is 3.